The molecule has 0 aliphatic heterocycles. The predicted octanol–water partition coefficient (Wildman–Crippen LogP) is 4.73. The fourth-order valence-electron chi connectivity index (χ4n) is 1.54. The lowest BCUT2D eigenvalue weighted by molar-refractivity contribution is -0.384. The van der Waals surface area contributed by atoms with Crippen molar-refractivity contribution in [2.45, 2.75) is 0 Å². The second-order valence-electron chi connectivity index (χ2n) is 3.97. The summed E-state index contributed by atoms with van der Waals surface area (Å²) in [4.78, 5) is 14.3. The summed E-state index contributed by atoms with van der Waals surface area (Å²) in [5, 5.41) is 10.5. The molecule has 2 rings (SSSR count). The lowest BCUT2D eigenvalue weighted by Crippen LogP contribution is -1.85. The minimum atomic E-state index is -0.432. The Hall–Kier alpha value is -2.27. The Balaban J connectivity index is 2.09. The van der Waals surface area contributed by atoms with Crippen molar-refractivity contribution in [3.8, 4) is 0 Å². The smallest absolute Gasteiger partial charge is 0.258 e. The predicted molar refractivity (Wildman–Crippen MR) is 84.6 cm³/mol. The number of halogens is 1. The molecule has 0 bridgehead atoms. The molecular weight excluding hydrogens is 320 g/mol. The lowest BCUT2D eigenvalue weighted by atomic mass is 10.2. The molecule has 0 spiro atoms. The van der Waals surface area contributed by atoms with E-state index in [2.05, 4.69) is 20.9 Å². The van der Waals surface area contributed by atoms with Gasteiger partial charge in [-0.05, 0) is 39.7 Å². The molecule has 0 amide bonds. The monoisotopic (exact) mass is 330 g/mol. The Morgan fingerprint density at radius 1 is 1.10 bits per heavy atom. The minimum absolute atomic E-state index is 0.0582. The van der Waals surface area contributed by atoms with E-state index < -0.39 is 4.92 Å². The van der Waals surface area contributed by atoms with E-state index in [1.54, 1.807) is 18.3 Å². The summed E-state index contributed by atoms with van der Waals surface area (Å²) in [6, 6.07) is 15.9. The maximum Gasteiger partial charge on any atom is 0.269 e. The second kappa shape index (κ2) is 6.77. The number of nitro benzene ring substituents is 1. The molecule has 0 aliphatic carbocycles. The van der Waals surface area contributed by atoms with Gasteiger partial charge in [0.05, 0.1) is 10.6 Å². The first-order chi connectivity index (χ1) is 9.65. The Kier molecular flexibility index (Phi) is 4.79. The molecule has 0 saturated carbocycles. The summed E-state index contributed by atoms with van der Waals surface area (Å²) >= 11 is 3.41. The zero-order valence-electron chi connectivity index (χ0n) is 10.4. The molecule has 0 aromatic heterocycles. The fourth-order valence-corrected chi connectivity index (χ4v) is 1.91. The van der Waals surface area contributed by atoms with E-state index in [4.69, 9.17) is 0 Å². The van der Waals surface area contributed by atoms with Crippen molar-refractivity contribution >= 4 is 39.6 Å². The van der Waals surface area contributed by atoms with Gasteiger partial charge in [-0.2, -0.15) is 0 Å². The second-order valence-corrected chi connectivity index (χ2v) is 4.89. The molecule has 2 aromatic rings. The largest absolute Gasteiger partial charge is 0.269 e. The summed E-state index contributed by atoms with van der Waals surface area (Å²) in [5.74, 6) is 0. The Morgan fingerprint density at radius 3 is 2.35 bits per heavy atom. The first-order valence-electron chi connectivity index (χ1n) is 5.86. The number of rotatable bonds is 4. The highest BCUT2D eigenvalue weighted by Crippen LogP contribution is 2.18. The van der Waals surface area contributed by atoms with Gasteiger partial charge in [-0.1, -0.05) is 30.3 Å². The fraction of sp³-hybridized carbons (Fsp3) is 0. The Morgan fingerprint density at radius 2 is 1.75 bits per heavy atom. The van der Waals surface area contributed by atoms with Gasteiger partial charge in [0, 0.05) is 22.8 Å². The molecule has 0 unspecified atom stereocenters. The van der Waals surface area contributed by atoms with Crippen LogP contribution in [0.3, 0.4) is 0 Å². The highest BCUT2D eigenvalue weighted by molar-refractivity contribution is 9.12. The molecule has 0 heterocycles. The molecule has 0 radical (unpaired) electrons. The van der Waals surface area contributed by atoms with Crippen LogP contribution in [-0.4, -0.2) is 11.1 Å². The number of allylic oxidation sites excluding steroid dienone is 1. The van der Waals surface area contributed by atoms with Crippen molar-refractivity contribution < 1.29 is 4.92 Å². The van der Waals surface area contributed by atoms with Crippen LogP contribution in [-0.2, 0) is 0 Å². The third-order valence-electron chi connectivity index (χ3n) is 2.50. The molecular formula is C15H11BrN2O2. The summed E-state index contributed by atoms with van der Waals surface area (Å²) in [6.07, 6.45) is 3.60. The van der Waals surface area contributed by atoms with Crippen LogP contribution in [0.2, 0.25) is 0 Å². The average molecular weight is 331 g/mol. The molecule has 5 heteroatoms. The quantitative estimate of drug-likeness (QED) is 0.462. The van der Waals surface area contributed by atoms with Gasteiger partial charge in [0.15, 0.2) is 0 Å². The van der Waals surface area contributed by atoms with E-state index in [-0.39, 0.29) is 5.69 Å². The highest BCUT2D eigenvalue weighted by atomic mass is 79.9. The average Bonchev–Trinajstić information content (AvgIpc) is 2.46. The van der Waals surface area contributed by atoms with Crippen LogP contribution >= 0.6 is 15.9 Å². The third kappa shape index (κ3) is 4.13. The van der Waals surface area contributed by atoms with Gasteiger partial charge in [0.25, 0.3) is 5.69 Å². The maximum absolute atomic E-state index is 10.5. The number of hydrogen-bond acceptors (Lipinski definition) is 3. The standard InChI is InChI=1S/C15H11BrN2O2/c16-13(10-12-4-2-1-3-5-12)11-17-14-6-8-15(9-7-14)18(19)20/h1-11H. The van der Waals surface area contributed by atoms with Crippen molar-refractivity contribution in [2.24, 2.45) is 4.99 Å². The SMILES string of the molecule is O=[N+]([O-])c1ccc(N=CC(Br)=Cc2ccccc2)cc1. The van der Waals surface area contributed by atoms with E-state index in [9.17, 15) is 10.1 Å². The van der Waals surface area contributed by atoms with Crippen molar-refractivity contribution in [1.29, 1.82) is 0 Å². The van der Waals surface area contributed by atoms with Crippen molar-refractivity contribution in [3.05, 3.63) is 74.8 Å². The van der Waals surface area contributed by atoms with Gasteiger partial charge in [-0.25, -0.2) is 0 Å². The van der Waals surface area contributed by atoms with Crippen LogP contribution in [0.15, 0.2) is 64.1 Å². The lowest BCUT2D eigenvalue weighted by Gasteiger charge is -1.95. The molecule has 0 atom stereocenters. The highest BCUT2D eigenvalue weighted by Gasteiger charge is 2.02. The number of aliphatic imine (C=N–C) groups is 1. The van der Waals surface area contributed by atoms with E-state index in [0.717, 1.165) is 10.0 Å². The number of non-ortho nitro benzene ring substituents is 1. The molecule has 0 saturated heterocycles. The van der Waals surface area contributed by atoms with E-state index in [0.29, 0.717) is 5.69 Å². The molecule has 0 fully saturated rings. The van der Waals surface area contributed by atoms with Gasteiger partial charge < -0.3 is 0 Å². The molecule has 0 N–H and O–H groups in total. The summed E-state index contributed by atoms with van der Waals surface area (Å²) in [5.41, 5.74) is 1.78. The van der Waals surface area contributed by atoms with Crippen LogP contribution in [0, 0.1) is 10.1 Å². The Bertz CT molecular complexity index is 649. The van der Waals surface area contributed by atoms with Crippen LogP contribution in [0.1, 0.15) is 5.56 Å². The minimum Gasteiger partial charge on any atom is -0.258 e. The Labute approximate surface area is 124 Å². The van der Waals surface area contributed by atoms with Crippen LogP contribution in [0.4, 0.5) is 11.4 Å². The van der Waals surface area contributed by atoms with E-state index >= 15 is 0 Å². The van der Waals surface area contributed by atoms with Crippen LogP contribution in [0.25, 0.3) is 6.08 Å². The first-order valence-corrected chi connectivity index (χ1v) is 6.65. The summed E-state index contributed by atoms with van der Waals surface area (Å²) < 4.78 is 0.821. The molecule has 0 aliphatic rings. The normalized spacial score (nSPS) is 11.8. The third-order valence-corrected chi connectivity index (χ3v) is 2.94. The molecule has 2 aromatic carbocycles. The summed E-state index contributed by atoms with van der Waals surface area (Å²) in [6.45, 7) is 0. The van der Waals surface area contributed by atoms with Crippen molar-refractivity contribution in [1.82, 2.24) is 0 Å². The van der Waals surface area contributed by atoms with Gasteiger partial charge in [-0.15, -0.1) is 0 Å². The first kappa shape index (κ1) is 14.1. The van der Waals surface area contributed by atoms with Gasteiger partial charge in [0.1, 0.15) is 0 Å². The number of benzene rings is 2. The molecule has 20 heavy (non-hydrogen) atoms. The number of nitro groups is 1. The van der Waals surface area contributed by atoms with Crippen LogP contribution < -0.4 is 0 Å². The van der Waals surface area contributed by atoms with Gasteiger partial charge in [-0.3, -0.25) is 15.1 Å². The van der Waals surface area contributed by atoms with Gasteiger partial charge in [0.2, 0.25) is 0 Å². The zero-order chi connectivity index (χ0) is 14.4. The maximum atomic E-state index is 10.5. The summed E-state index contributed by atoms with van der Waals surface area (Å²) in [7, 11) is 0. The molecule has 100 valence electrons. The van der Waals surface area contributed by atoms with E-state index in [1.165, 1.54) is 12.1 Å². The van der Waals surface area contributed by atoms with Gasteiger partial charge >= 0.3 is 0 Å². The molecule has 4 nitrogen and oxygen atoms in total. The van der Waals surface area contributed by atoms with Crippen molar-refractivity contribution in [3.63, 3.8) is 0 Å². The number of hydrogen-bond donors (Lipinski definition) is 0. The topological polar surface area (TPSA) is 55.5 Å². The van der Waals surface area contributed by atoms with Crippen molar-refractivity contribution in [2.75, 3.05) is 0 Å². The van der Waals surface area contributed by atoms with E-state index in [1.807, 2.05) is 36.4 Å². The number of nitrogens with zero attached hydrogens (tertiary/aromatic N) is 2. The zero-order valence-corrected chi connectivity index (χ0v) is 12.0. The van der Waals surface area contributed by atoms with Crippen LogP contribution in [0.5, 0.6) is 0 Å².